The molecule has 31 heavy (non-hydrogen) atoms. The molecule has 1 amide bonds. The Balaban J connectivity index is 2.09. The summed E-state index contributed by atoms with van der Waals surface area (Å²) in [6, 6.07) is 0. The monoisotopic (exact) mass is 440 g/mol. The highest BCUT2D eigenvalue weighted by atomic mass is 16.5. The fourth-order valence-electron chi connectivity index (χ4n) is 3.55. The maximum Gasteiger partial charge on any atom is 0.219 e. The van der Waals surface area contributed by atoms with Crippen LogP contribution in [-0.2, 0) is 20.8 Å². The van der Waals surface area contributed by atoms with E-state index >= 15 is 0 Å². The van der Waals surface area contributed by atoms with E-state index in [4.69, 9.17) is 9.47 Å². The Morgan fingerprint density at radius 1 is 1.32 bits per heavy atom. The van der Waals surface area contributed by atoms with E-state index in [-0.39, 0.29) is 19.1 Å². The second kappa shape index (κ2) is 13.8. The Kier molecular flexibility index (Phi) is 11.5. The Morgan fingerprint density at radius 3 is 2.81 bits per heavy atom. The van der Waals surface area contributed by atoms with Crippen molar-refractivity contribution in [3.63, 3.8) is 0 Å². The number of aliphatic hydroxyl groups excluding tert-OH is 2. The fraction of sp³-hybridized carbons (Fsp3) is 0.818. The number of rotatable bonds is 6. The number of nitrogens with zero attached hydrogens (tertiary/aromatic N) is 3. The molecule has 3 atom stereocenters. The number of aromatic nitrogens is 2. The van der Waals surface area contributed by atoms with Crippen LogP contribution in [0, 0.1) is 5.92 Å². The molecule has 0 spiro atoms. The first kappa shape index (κ1) is 25.7. The van der Waals surface area contributed by atoms with Gasteiger partial charge in [-0.15, -0.1) is 0 Å². The summed E-state index contributed by atoms with van der Waals surface area (Å²) in [6.45, 7) is 9.85. The lowest BCUT2D eigenvalue weighted by atomic mass is 10.1. The third-order valence-electron chi connectivity index (χ3n) is 5.60. The lowest BCUT2D eigenvalue weighted by Crippen LogP contribution is -2.50. The van der Waals surface area contributed by atoms with Gasteiger partial charge in [0.05, 0.1) is 12.8 Å². The predicted octanol–water partition coefficient (Wildman–Crippen LogP) is 1.02. The number of ether oxygens (including phenoxy) is 2. The van der Waals surface area contributed by atoms with Crippen molar-refractivity contribution >= 4 is 5.91 Å². The second-order valence-electron chi connectivity index (χ2n) is 8.78. The zero-order valence-corrected chi connectivity index (χ0v) is 19.2. The highest BCUT2D eigenvalue weighted by Crippen LogP contribution is 2.13. The van der Waals surface area contributed by atoms with Gasteiger partial charge >= 0.3 is 0 Å². The fourth-order valence-corrected chi connectivity index (χ4v) is 3.55. The highest BCUT2D eigenvalue weighted by molar-refractivity contribution is 5.73. The molecule has 1 aromatic heterocycles. The van der Waals surface area contributed by atoms with Crippen molar-refractivity contribution < 1.29 is 24.5 Å². The number of H-pyrrole nitrogens is 1. The van der Waals surface area contributed by atoms with E-state index in [2.05, 4.69) is 28.9 Å². The summed E-state index contributed by atoms with van der Waals surface area (Å²) in [6.07, 6.45) is 3.48. The van der Waals surface area contributed by atoms with E-state index in [9.17, 15) is 15.0 Å². The number of carbonyl (C=O) groups is 1. The molecule has 178 valence electrons. The number of carbonyl (C=O) groups excluding carboxylic acids is 1. The second-order valence-corrected chi connectivity index (χ2v) is 8.78. The lowest BCUT2D eigenvalue weighted by molar-refractivity contribution is -0.140. The summed E-state index contributed by atoms with van der Waals surface area (Å²) in [5.74, 6) is 0.384. The molecule has 0 aromatic carbocycles. The van der Waals surface area contributed by atoms with Crippen LogP contribution in [0.4, 0.5) is 0 Å². The van der Waals surface area contributed by atoms with E-state index in [1.165, 1.54) is 6.92 Å². The summed E-state index contributed by atoms with van der Waals surface area (Å²) in [5, 5.41) is 28.0. The van der Waals surface area contributed by atoms with Gasteiger partial charge in [0.15, 0.2) is 0 Å². The number of amides is 1. The van der Waals surface area contributed by atoms with Crippen LogP contribution in [0.2, 0.25) is 0 Å². The van der Waals surface area contributed by atoms with E-state index < -0.39 is 18.3 Å². The quantitative estimate of drug-likeness (QED) is 0.606. The Bertz CT molecular complexity index is 613. The molecule has 1 aliphatic heterocycles. The third-order valence-corrected chi connectivity index (χ3v) is 5.60. The number of aliphatic hydroxyl groups is 2. The van der Waals surface area contributed by atoms with Crippen LogP contribution in [0.15, 0.2) is 12.4 Å². The van der Waals surface area contributed by atoms with Gasteiger partial charge in [0.2, 0.25) is 5.91 Å². The highest BCUT2D eigenvalue weighted by Gasteiger charge is 2.30. The molecule has 0 saturated carbocycles. The number of nitrogens with one attached hydrogen (secondary N) is 1. The molecule has 0 aliphatic carbocycles. The van der Waals surface area contributed by atoms with Crippen LogP contribution in [-0.4, -0.2) is 100 Å². The van der Waals surface area contributed by atoms with Crippen LogP contribution < -0.4 is 0 Å². The van der Waals surface area contributed by atoms with Crippen LogP contribution in [0.5, 0.6) is 0 Å². The van der Waals surface area contributed by atoms with Crippen molar-refractivity contribution in [2.75, 3.05) is 46.0 Å². The normalized spacial score (nSPS) is 25.5. The van der Waals surface area contributed by atoms with E-state index in [1.54, 1.807) is 4.90 Å². The lowest BCUT2D eigenvalue weighted by Gasteiger charge is -2.33. The maximum atomic E-state index is 12.3. The molecule has 1 fully saturated rings. The van der Waals surface area contributed by atoms with Crippen molar-refractivity contribution in [2.24, 2.45) is 5.92 Å². The molecule has 1 aliphatic rings. The average molecular weight is 441 g/mol. The van der Waals surface area contributed by atoms with Gasteiger partial charge in [-0.1, -0.05) is 13.8 Å². The van der Waals surface area contributed by atoms with Crippen LogP contribution in [0.1, 0.15) is 45.6 Å². The van der Waals surface area contributed by atoms with Gasteiger partial charge in [0.1, 0.15) is 18.3 Å². The zero-order valence-electron chi connectivity index (χ0n) is 19.2. The first-order valence-corrected chi connectivity index (χ1v) is 11.4. The Hall–Kier alpha value is -1.52. The van der Waals surface area contributed by atoms with Crippen LogP contribution >= 0.6 is 0 Å². The van der Waals surface area contributed by atoms with Gasteiger partial charge in [-0.05, 0) is 31.7 Å². The van der Waals surface area contributed by atoms with Crippen molar-refractivity contribution in [2.45, 2.75) is 64.9 Å². The standard InChI is InChI=1S/C22H40N4O5/c1-17(2)6-11-31-21-15-26(18(3)27)9-8-25(14-19-12-23-24-13-19)7-4-5-10-30-16-20(28)22(21)29/h12-13,17,20-22,28-29H,4-11,14-16H2,1-3H3,(H,23,24)/t20-,21-,22-/m1/s1. The summed E-state index contributed by atoms with van der Waals surface area (Å²) in [7, 11) is 0. The van der Waals surface area contributed by atoms with Crippen LogP contribution in [0.25, 0.3) is 0 Å². The minimum atomic E-state index is -1.13. The molecule has 2 heterocycles. The molecule has 3 N–H and O–H groups in total. The molecule has 9 heteroatoms. The van der Waals surface area contributed by atoms with Gasteiger partial charge in [-0.2, -0.15) is 5.10 Å². The molecule has 9 nitrogen and oxygen atoms in total. The molecular formula is C22H40N4O5. The van der Waals surface area contributed by atoms with Crippen molar-refractivity contribution in [3.05, 3.63) is 18.0 Å². The first-order chi connectivity index (χ1) is 14.9. The minimum absolute atomic E-state index is 0.0456. The molecule has 0 unspecified atom stereocenters. The maximum absolute atomic E-state index is 12.3. The third kappa shape index (κ3) is 9.65. The molecule has 2 rings (SSSR count). The van der Waals surface area contributed by atoms with Gasteiger partial charge in [-0.25, -0.2) is 0 Å². The molecular weight excluding hydrogens is 400 g/mol. The molecule has 0 radical (unpaired) electrons. The smallest absolute Gasteiger partial charge is 0.219 e. The summed E-state index contributed by atoms with van der Waals surface area (Å²) in [4.78, 5) is 16.3. The van der Waals surface area contributed by atoms with Gasteiger partial charge in [0, 0.05) is 58.1 Å². The average Bonchev–Trinajstić information content (AvgIpc) is 3.23. The molecule has 1 saturated heterocycles. The number of aromatic amines is 1. The summed E-state index contributed by atoms with van der Waals surface area (Å²) in [5.41, 5.74) is 1.10. The van der Waals surface area contributed by atoms with E-state index in [0.717, 1.165) is 37.9 Å². The van der Waals surface area contributed by atoms with Gasteiger partial charge in [0.25, 0.3) is 0 Å². The number of hydrogen-bond donors (Lipinski definition) is 3. The van der Waals surface area contributed by atoms with Crippen LogP contribution in [0.3, 0.4) is 0 Å². The molecule has 1 aromatic rings. The van der Waals surface area contributed by atoms with Crippen molar-refractivity contribution in [1.29, 1.82) is 0 Å². The summed E-state index contributed by atoms with van der Waals surface area (Å²) < 4.78 is 11.5. The minimum Gasteiger partial charge on any atom is -0.388 e. The largest absolute Gasteiger partial charge is 0.388 e. The molecule has 0 bridgehead atoms. The van der Waals surface area contributed by atoms with E-state index in [1.807, 2.05) is 12.4 Å². The number of hydrogen-bond acceptors (Lipinski definition) is 7. The Morgan fingerprint density at radius 2 is 2.13 bits per heavy atom. The Labute approximate surface area is 185 Å². The van der Waals surface area contributed by atoms with Gasteiger partial charge < -0.3 is 24.6 Å². The topological polar surface area (TPSA) is 111 Å². The SMILES string of the molecule is CC(=O)N1CCN(Cc2cn[nH]c2)CCCCOC[C@@H](O)[C@@H](O)[C@H](OCCC(C)C)C1. The zero-order chi connectivity index (χ0) is 22.6. The predicted molar refractivity (Wildman–Crippen MR) is 117 cm³/mol. The first-order valence-electron chi connectivity index (χ1n) is 11.4. The van der Waals surface area contributed by atoms with Crippen molar-refractivity contribution in [3.8, 4) is 0 Å². The summed E-state index contributed by atoms with van der Waals surface area (Å²) >= 11 is 0. The van der Waals surface area contributed by atoms with E-state index in [0.29, 0.717) is 32.2 Å². The van der Waals surface area contributed by atoms with Gasteiger partial charge in [-0.3, -0.25) is 14.8 Å². The van der Waals surface area contributed by atoms with Crippen molar-refractivity contribution in [1.82, 2.24) is 20.0 Å².